The monoisotopic (exact) mass is 1610 g/mol. The fourth-order valence-corrected chi connectivity index (χ4v) is 6.63. The number of hydrogen-bond donors (Lipinski definition) is 5. The summed E-state index contributed by atoms with van der Waals surface area (Å²) in [5.41, 5.74) is -1.63. The van der Waals surface area contributed by atoms with E-state index < -0.39 is 90.1 Å². The molecule has 4 rings (SSSR count). The molecule has 0 spiro atoms. The van der Waals surface area contributed by atoms with Crippen molar-refractivity contribution in [2.45, 2.75) is 156 Å². The Hall–Kier alpha value is -4.23. The van der Waals surface area contributed by atoms with E-state index in [0.717, 1.165) is 11.1 Å². The van der Waals surface area contributed by atoms with Crippen molar-refractivity contribution in [2.75, 3.05) is 33.3 Å². The summed E-state index contributed by atoms with van der Waals surface area (Å²) in [5.74, 6) is -1.23. The van der Waals surface area contributed by atoms with Gasteiger partial charge in [0.2, 0.25) is 6.29 Å². The summed E-state index contributed by atoms with van der Waals surface area (Å²) >= 11 is 17.1. The molecule has 0 saturated carbocycles. The van der Waals surface area contributed by atoms with Crippen LogP contribution in [0.2, 0.25) is 10.0 Å². The van der Waals surface area contributed by atoms with Gasteiger partial charge in [0.25, 0.3) is 18.3 Å². The van der Waals surface area contributed by atoms with Crippen molar-refractivity contribution < 1.29 is 246 Å². The molecule has 93 heavy (non-hydrogen) atoms. The maximum atomic E-state index is 12.7. The number of carbonyl (C=O) groups is 9. The number of esters is 1. The van der Waals surface area contributed by atoms with Gasteiger partial charge in [-0.3, -0.25) is 18.8 Å². The Labute approximate surface area is 677 Å². The second-order valence-corrected chi connectivity index (χ2v) is 23.4. The molecule has 31 heteroatoms. The van der Waals surface area contributed by atoms with E-state index in [0.29, 0.717) is 58.6 Å². The average Bonchev–Trinajstić information content (AvgIpc) is 0.950. The Morgan fingerprint density at radius 3 is 1.22 bits per heavy atom. The number of nitrogens with one attached hydrogen (secondary N) is 4. The number of carboxylic acid groups (broad SMARTS) is 1. The van der Waals surface area contributed by atoms with Gasteiger partial charge in [0.05, 0.1) is 21.6 Å². The molecule has 4 unspecified atom stereocenters. The van der Waals surface area contributed by atoms with E-state index in [9.17, 15) is 42.7 Å². The maximum Gasteiger partial charge on any atom is 1.00 e. The van der Waals surface area contributed by atoms with Crippen LogP contribution < -0.4 is 174 Å². The van der Waals surface area contributed by atoms with Gasteiger partial charge in [0, 0.05) is 41.2 Å². The number of alkyl halides is 2. The van der Waals surface area contributed by atoms with Crippen LogP contribution in [0.1, 0.15) is 132 Å². The Bertz CT molecular complexity index is 2920. The van der Waals surface area contributed by atoms with Gasteiger partial charge in [-0.15, -0.1) is 0 Å². The number of carboxylic acids is 1. The third-order valence-electron chi connectivity index (χ3n) is 10.5. The molecular weight excluding hydrogens is 1530 g/mol. The number of carbonyl (C=O) groups excluding carboxylic acids is 8. The largest absolute Gasteiger partial charge is 1.00 e. The third-order valence-corrected chi connectivity index (χ3v) is 11.1. The predicted octanol–water partition coefficient (Wildman–Crippen LogP) is 4.76. The van der Waals surface area contributed by atoms with E-state index in [-0.39, 0.29) is 171 Å². The van der Waals surface area contributed by atoms with Crippen molar-refractivity contribution in [3.8, 4) is 11.5 Å². The minimum absolute atomic E-state index is 0. The average molecular weight is 1610 g/mol. The number of benzene rings is 4. The second kappa shape index (κ2) is 48.5. The standard InChI is InChI=1S/C30H39ClN2O9.C19H20ClNO4.C11H20ClNO5.CH3F.CH2O3.2Cs.H/c1-19(18-33-27(36)42-29(3,4)5)38-28(37)40-20(2)39-26(35)30(6,7)41-24-14-8-21(9-15-24)16-17-32-25(34)22-10-12-23(31)13-11-22;1-19(2,18(23)24)25-16-9-3-13(4-10-16)11-12-21-17(22)14-5-7-15(20)8-6-14;1-7(16-10(15)17-8(2)12)6-13-9(14)18-11(3,4)5;1-2;2-1-4-3;;;/h8-15,19-20H,16-18H2,1-7H3,(H,32,34)(H,33,36);3-10H,11-12H2,1-2H3,(H,21,22)(H,23,24);7-8H,6H2,1-5H3,(H,13,14);1H3;1,3H;;;/q;;;;;2*+1;-1/p-1/i;;;1D;;;;. The van der Waals surface area contributed by atoms with Crippen LogP contribution in [0.3, 0.4) is 0 Å². The summed E-state index contributed by atoms with van der Waals surface area (Å²) < 4.78 is 61.5. The molecule has 0 saturated heterocycles. The molecule has 25 nitrogen and oxygen atoms in total. The summed E-state index contributed by atoms with van der Waals surface area (Å²) in [6, 6.07) is 27.5. The molecule has 0 fully saturated rings. The van der Waals surface area contributed by atoms with E-state index in [1.54, 1.807) is 128 Å². The Kier molecular flexibility index (Phi) is 47.3. The van der Waals surface area contributed by atoms with Crippen LogP contribution in [-0.4, -0.2) is 140 Å². The SMILES string of the molecule is CC(C)(Oc1ccc(CCNC(=O)c2ccc(Cl)cc2)cc1)C(=O)O.CC(CNC(=O)OC(C)(C)C)OC(=O)OC(C)OC(=O)C(C)(C)Oc1ccc(CCNC(=O)c2ccc(Cl)cc2)cc1.CC(Cl)OC(=O)OC(C)CNC(=O)OC(C)(C)C.O=CO[O-].[2H]CF.[Cs+].[Cs+].[H-]. The Morgan fingerprint density at radius 2 is 0.903 bits per heavy atom. The molecule has 4 atom stereocenters. The maximum absolute atomic E-state index is 12.7. The topological polar surface area (TPSA) is 337 Å². The van der Waals surface area contributed by atoms with Crippen molar-refractivity contribution in [3.63, 3.8) is 0 Å². The van der Waals surface area contributed by atoms with Gasteiger partial charge < -0.3 is 80.6 Å². The van der Waals surface area contributed by atoms with Crippen molar-refractivity contribution >= 4 is 89.5 Å². The molecule has 4 aromatic carbocycles. The van der Waals surface area contributed by atoms with Crippen LogP contribution in [0.5, 0.6) is 11.5 Å². The number of alkyl carbamates (subject to hydrolysis) is 2. The van der Waals surface area contributed by atoms with Gasteiger partial charge in [0.1, 0.15) is 34.9 Å². The van der Waals surface area contributed by atoms with Gasteiger partial charge in [-0.25, -0.2) is 28.8 Å². The molecule has 0 bridgehead atoms. The number of hydrogen-bond acceptors (Lipinski definition) is 20. The molecule has 0 radical (unpaired) electrons. The van der Waals surface area contributed by atoms with Crippen molar-refractivity contribution in [2.24, 2.45) is 0 Å². The summed E-state index contributed by atoms with van der Waals surface area (Å²) in [6.45, 7) is 23.3. The van der Waals surface area contributed by atoms with Crippen LogP contribution in [0, 0.1) is 0 Å². The summed E-state index contributed by atoms with van der Waals surface area (Å²) in [4.78, 5) is 105. The third kappa shape index (κ3) is 45.8. The molecule has 4 amide bonds. The smallest absolute Gasteiger partial charge is 1.00 e. The summed E-state index contributed by atoms with van der Waals surface area (Å²) in [5, 5.41) is 29.3. The summed E-state index contributed by atoms with van der Waals surface area (Å²) in [6.07, 6.45) is -4.46. The molecule has 0 aliphatic rings. The molecule has 0 aromatic heterocycles. The number of rotatable bonds is 24. The zero-order chi connectivity index (χ0) is 70.4. The molecule has 508 valence electrons. The zero-order valence-corrected chi connectivity index (χ0v) is 70.0. The van der Waals surface area contributed by atoms with Gasteiger partial charge >= 0.3 is 174 Å². The van der Waals surface area contributed by atoms with Crippen LogP contribution in [-0.2, 0) is 65.3 Å². The zero-order valence-electron chi connectivity index (χ0n) is 57.2. The van der Waals surface area contributed by atoms with Gasteiger partial charge in [-0.05, 0) is 187 Å². The van der Waals surface area contributed by atoms with Crippen molar-refractivity contribution in [3.05, 3.63) is 129 Å². The first-order valence-electron chi connectivity index (χ1n) is 28.4. The van der Waals surface area contributed by atoms with Gasteiger partial charge in [-0.1, -0.05) is 59.1 Å². The fraction of sp³-hybridized carbons (Fsp3) is 0.468. The minimum atomic E-state index is -1.40. The van der Waals surface area contributed by atoms with Crippen molar-refractivity contribution in [1.29, 1.82) is 0 Å². The Morgan fingerprint density at radius 1 is 0.570 bits per heavy atom. The number of ether oxygens (including phenoxy) is 9. The Balaban J connectivity index is -0.000000663. The van der Waals surface area contributed by atoms with Gasteiger partial charge in [0.15, 0.2) is 16.8 Å². The predicted molar refractivity (Wildman–Crippen MR) is 334 cm³/mol. The number of halogens is 4. The first kappa shape index (κ1) is 90.8. The quantitative estimate of drug-likeness (QED) is 0.0120. The molecule has 0 aliphatic heterocycles. The van der Waals surface area contributed by atoms with Crippen LogP contribution >= 0.6 is 34.8 Å². The minimum Gasteiger partial charge on any atom is -1.00 e. The normalized spacial score (nSPS) is 11.9. The van der Waals surface area contributed by atoms with Crippen LogP contribution in [0.4, 0.5) is 23.6 Å². The van der Waals surface area contributed by atoms with Crippen LogP contribution in [0.25, 0.3) is 0 Å². The van der Waals surface area contributed by atoms with Crippen molar-refractivity contribution in [1.82, 2.24) is 21.3 Å². The van der Waals surface area contributed by atoms with E-state index in [4.69, 9.17) is 89.2 Å². The van der Waals surface area contributed by atoms with E-state index in [2.05, 4.69) is 30.9 Å². The molecule has 0 heterocycles. The fourth-order valence-electron chi connectivity index (χ4n) is 6.30. The number of amides is 4. The van der Waals surface area contributed by atoms with E-state index in [1.807, 2.05) is 24.3 Å². The molecule has 0 aliphatic carbocycles. The van der Waals surface area contributed by atoms with Crippen LogP contribution in [0.15, 0.2) is 97.1 Å². The summed E-state index contributed by atoms with van der Waals surface area (Å²) in [7, 11) is -1.00. The molecule has 4 aromatic rings. The van der Waals surface area contributed by atoms with E-state index >= 15 is 0 Å². The van der Waals surface area contributed by atoms with E-state index in [1.165, 1.54) is 41.5 Å². The number of aliphatic carboxylic acids is 1. The first-order chi connectivity index (χ1) is 42.7. The van der Waals surface area contributed by atoms with Gasteiger partial charge in [-0.2, -0.15) is 0 Å². The second-order valence-electron chi connectivity index (χ2n) is 21.9. The first-order valence-corrected chi connectivity index (χ1v) is 28.9. The molecule has 5 N–H and O–H groups in total. The molecular formula is C62H84Cl3Cs2FN4O21.